The monoisotopic (exact) mass is 332 g/mol. The van der Waals surface area contributed by atoms with Gasteiger partial charge in [0.25, 0.3) is 0 Å². The number of nitrogens with zero attached hydrogens (tertiary/aromatic N) is 3. The highest BCUT2D eigenvalue weighted by atomic mass is 19.1. The molecule has 24 heavy (non-hydrogen) atoms. The molecule has 2 unspecified atom stereocenters. The van der Waals surface area contributed by atoms with Gasteiger partial charge < -0.3 is 10.5 Å². The van der Waals surface area contributed by atoms with Gasteiger partial charge in [0.05, 0.1) is 18.8 Å². The number of rotatable bonds is 6. The molecule has 130 valence electrons. The second-order valence-electron chi connectivity index (χ2n) is 6.41. The van der Waals surface area contributed by atoms with Gasteiger partial charge in [-0.25, -0.2) is 4.39 Å². The van der Waals surface area contributed by atoms with Crippen molar-refractivity contribution in [1.29, 1.82) is 0 Å². The van der Waals surface area contributed by atoms with E-state index in [1.807, 2.05) is 10.9 Å². The Kier molecular flexibility index (Phi) is 5.60. The van der Waals surface area contributed by atoms with E-state index in [1.165, 1.54) is 17.7 Å². The molecule has 0 radical (unpaired) electrons. The third-order valence-electron chi connectivity index (χ3n) is 4.73. The van der Waals surface area contributed by atoms with Crippen LogP contribution in [0.1, 0.15) is 24.0 Å². The maximum atomic E-state index is 13.0. The van der Waals surface area contributed by atoms with Crippen molar-refractivity contribution in [2.75, 3.05) is 20.2 Å². The first-order chi connectivity index (χ1) is 11.7. The van der Waals surface area contributed by atoms with Crippen LogP contribution in [0.4, 0.5) is 4.39 Å². The average Bonchev–Trinajstić information content (AvgIpc) is 3.04. The minimum atomic E-state index is -0.216. The van der Waals surface area contributed by atoms with Gasteiger partial charge in [0.1, 0.15) is 5.82 Å². The molecule has 2 atom stereocenters. The molecule has 0 spiro atoms. The van der Waals surface area contributed by atoms with Crippen molar-refractivity contribution in [2.45, 2.75) is 38.1 Å². The molecule has 1 aromatic carbocycles. The quantitative estimate of drug-likeness (QED) is 0.879. The Bertz CT molecular complexity index is 643. The molecule has 0 bridgehead atoms. The number of hydrogen-bond donors (Lipinski definition) is 1. The molecule has 1 aromatic heterocycles. The Hall–Kier alpha value is -1.76. The number of ether oxygens (including phenoxy) is 1. The Morgan fingerprint density at radius 1 is 1.25 bits per heavy atom. The van der Waals surface area contributed by atoms with Crippen LogP contribution in [-0.2, 0) is 17.8 Å². The molecule has 3 rings (SSSR count). The van der Waals surface area contributed by atoms with Crippen molar-refractivity contribution in [3.8, 4) is 0 Å². The molecule has 2 aromatic rings. The van der Waals surface area contributed by atoms with E-state index in [1.54, 1.807) is 19.2 Å². The third kappa shape index (κ3) is 4.20. The standard InChI is InChI=1S/C18H25FN4O/c1-24-18-6-7-22(17(8-18)9-20)11-15-10-21-23(13-15)12-14-2-4-16(19)5-3-14/h2-5,10,13,17-18H,6-9,11-12,20H2,1H3. The van der Waals surface area contributed by atoms with E-state index in [-0.39, 0.29) is 5.82 Å². The fourth-order valence-electron chi connectivity index (χ4n) is 3.32. The summed E-state index contributed by atoms with van der Waals surface area (Å²) in [6.45, 7) is 3.13. The molecule has 1 aliphatic rings. The maximum absolute atomic E-state index is 13.0. The molecule has 1 aliphatic heterocycles. The Morgan fingerprint density at radius 3 is 2.75 bits per heavy atom. The number of halogens is 1. The number of piperidine rings is 1. The van der Waals surface area contributed by atoms with Crippen LogP contribution in [0.25, 0.3) is 0 Å². The van der Waals surface area contributed by atoms with Gasteiger partial charge in [-0.15, -0.1) is 0 Å². The first-order valence-electron chi connectivity index (χ1n) is 8.40. The van der Waals surface area contributed by atoms with Crippen molar-refractivity contribution in [3.05, 3.63) is 53.6 Å². The summed E-state index contributed by atoms with van der Waals surface area (Å²) >= 11 is 0. The smallest absolute Gasteiger partial charge is 0.123 e. The van der Waals surface area contributed by atoms with Crippen LogP contribution in [0.2, 0.25) is 0 Å². The lowest BCUT2D eigenvalue weighted by Gasteiger charge is -2.38. The molecule has 0 amide bonds. The van der Waals surface area contributed by atoms with Gasteiger partial charge in [-0.1, -0.05) is 12.1 Å². The summed E-state index contributed by atoms with van der Waals surface area (Å²) < 4.78 is 20.3. The zero-order valence-electron chi connectivity index (χ0n) is 14.1. The molecule has 6 heteroatoms. The van der Waals surface area contributed by atoms with Crippen molar-refractivity contribution in [3.63, 3.8) is 0 Å². The summed E-state index contributed by atoms with van der Waals surface area (Å²) in [6.07, 6.45) is 6.29. The van der Waals surface area contributed by atoms with Crippen LogP contribution >= 0.6 is 0 Å². The summed E-state index contributed by atoms with van der Waals surface area (Å²) in [5, 5.41) is 4.42. The van der Waals surface area contributed by atoms with Crippen LogP contribution in [0.5, 0.6) is 0 Å². The number of methoxy groups -OCH3 is 1. The molecule has 0 aliphatic carbocycles. The van der Waals surface area contributed by atoms with Gasteiger partial charge in [-0.2, -0.15) is 5.10 Å². The summed E-state index contributed by atoms with van der Waals surface area (Å²) in [4.78, 5) is 2.41. The first kappa shape index (κ1) is 17.1. The fourth-order valence-corrected chi connectivity index (χ4v) is 3.32. The van der Waals surface area contributed by atoms with Crippen molar-refractivity contribution in [1.82, 2.24) is 14.7 Å². The van der Waals surface area contributed by atoms with Gasteiger partial charge >= 0.3 is 0 Å². The highest BCUT2D eigenvalue weighted by Crippen LogP contribution is 2.21. The maximum Gasteiger partial charge on any atom is 0.123 e. The van der Waals surface area contributed by atoms with Gasteiger partial charge in [0.2, 0.25) is 0 Å². The number of likely N-dealkylation sites (tertiary alicyclic amines) is 1. The zero-order valence-corrected chi connectivity index (χ0v) is 14.1. The van der Waals surface area contributed by atoms with Gasteiger partial charge in [0.15, 0.2) is 0 Å². The molecule has 2 N–H and O–H groups in total. The molecule has 1 fully saturated rings. The van der Waals surface area contributed by atoms with E-state index in [4.69, 9.17) is 10.5 Å². The second-order valence-corrected chi connectivity index (χ2v) is 6.41. The highest BCUT2D eigenvalue weighted by Gasteiger charge is 2.27. The van der Waals surface area contributed by atoms with Crippen LogP contribution < -0.4 is 5.73 Å². The topological polar surface area (TPSA) is 56.3 Å². The van der Waals surface area contributed by atoms with E-state index in [2.05, 4.69) is 16.2 Å². The van der Waals surface area contributed by atoms with Crippen LogP contribution in [0.3, 0.4) is 0 Å². The SMILES string of the molecule is COC1CCN(Cc2cnn(Cc3ccc(F)cc3)c2)C(CN)C1. The van der Waals surface area contributed by atoms with Gasteiger partial charge in [-0.05, 0) is 30.5 Å². The van der Waals surface area contributed by atoms with E-state index < -0.39 is 0 Å². The van der Waals surface area contributed by atoms with E-state index in [0.29, 0.717) is 25.2 Å². The van der Waals surface area contributed by atoms with Crippen molar-refractivity contribution in [2.24, 2.45) is 5.73 Å². The normalized spacial score (nSPS) is 22.0. The Morgan fingerprint density at radius 2 is 2.04 bits per heavy atom. The van der Waals surface area contributed by atoms with Gasteiger partial charge in [-0.3, -0.25) is 9.58 Å². The third-order valence-corrected chi connectivity index (χ3v) is 4.73. The minimum absolute atomic E-state index is 0.216. The van der Waals surface area contributed by atoms with E-state index in [0.717, 1.165) is 31.5 Å². The predicted molar refractivity (Wildman–Crippen MR) is 91.0 cm³/mol. The largest absolute Gasteiger partial charge is 0.381 e. The van der Waals surface area contributed by atoms with Crippen molar-refractivity contribution < 1.29 is 9.13 Å². The lowest BCUT2D eigenvalue weighted by atomic mass is 9.99. The van der Waals surface area contributed by atoms with Crippen LogP contribution in [-0.4, -0.2) is 47.0 Å². The van der Waals surface area contributed by atoms with Crippen molar-refractivity contribution >= 4 is 0 Å². The number of aromatic nitrogens is 2. The lowest BCUT2D eigenvalue weighted by Crippen LogP contribution is -2.47. The molecule has 2 heterocycles. The van der Waals surface area contributed by atoms with Crippen LogP contribution in [0, 0.1) is 5.82 Å². The average molecular weight is 332 g/mol. The van der Waals surface area contributed by atoms with Gasteiger partial charge in [0, 0.05) is 44.5 Å². The minimum Gasteiger partial charge on any atom is -0.381 e. The molecule has 0 saturated carbocycles. The fraction of sp³-hybridized carbons (Fsp3) is 0.500. The summed E-state index contributed by atoms with van der Waals surface area (Å²) in [5.74, 6) is -0.216. The highest BCUT2D eigenvalue weighted by molar-refractivity contribution is 5.17. The Labute approximate surface area is 142 Å². The first-order valence-corrected chi connectivity index (χ1v) is 8.40. The zero-order chi connectivity index (χ0) is 16.9. The second kappa shape index (κ2) is 7.88. The molecular formula is C18H25FN4O. The molecule has 5 nitrogen and oxygen atoms in total. The summed E-state index contributed by atoms with van der Waals surface area (Å²) in [7, 11) is 1.77. The number of hydrogen-bond acceptors (Lipinski definition) is 4. The van der Waals surface area contributed by atoms with E-state index in [9.17, 15) is 4.39 Å². The Balaban J connectivity index is 1.60. The van der Waals surface area contributed by atoms with E-state index >= 15 is 0 Å². The number of nitrogens with two attached hydrogens (primary N) is 1. The summed E-state index contributed by atoms with van der Waals surface area (Å²) in [6, 6.07) is 6.88. The van der Waals surface area contributed by atoms with Crippen LogP contribution in [0.15, 0.2) is 36.7 Å². The molecule has 1 saturated heterocycles. The lowest BCUT2D eigenvalue weighted by molar-refractivity contribution is 0.0102. The predicted octanol–water partition coefficient (Wildman–Crippen LogP) is 2.01. The number of benzene rings is 1. The molecular weight excluding hydrogens is 307 g/mol. The summed E-state index contributed by atoms with van der Waals surface area (Å²) in [5.41, 5.74) is 8.14.